The number of anilines is 3. The van der Waals surface area contributed by atoms with Gasteiger partial charge in [-0.1, -0.05) is 23.2 Å². The number of hydrogen-bond acceptors (Lipinski definition) is 3. The second-order valence-electron chi connectivity index (χ2n) is 7.35. The van der Waals surface area contributed by atoms with Gasteiger partial charge in [0.25, 0.3) is 5.91 Å². The molecule has 4 nitrogen and oxygen atoms in total. The Morgan fingerprint density at radius 1 is 1.11 bits per heavy atom. The quantitative estimate of drug-likeness (QED) is 0.624. The van der Waals surface area contributed by atoms with Crippen molar-refractivity contribution >= 4 is 46.2 Å². The lowest BCUT2D eigenvalue weighted by Gasteiger charge is -2.42. The van der Waals surface area contributed by atoms with Gasteiger partial charge >= 0.3 is 0 Å². The van der Waals surface area contributed by atoms with Crippen LogP contribution >= 0.6 is 23.2 Å². The fourth-order valence-corrected chi connectivity index (χ4v) is 4.13. The smallest absolute Gasteiger partial charge is 0.255 e. The number of rotatable bonds is 3. The summed E-state index contributed by atoms with van der Waals surface area (Å²) in [6.45, 7) is 6.56. The molecule has 1 heterocycles. The maximum absolute atomic E-state index is 12.6. The minimum absolute atomic E-state index is 0.269. The van der Waals surface area contributed by atoms with Gasteiger partial charge in [0.05, 0.1) is 21.4 Å². The first-order valence-corrected chi connectivity index (χ1v) is 9.98. The molecule has 1 saturated heterocycles. The van der Waals surface area contributed by atoms with Crippen molar-refractivity contribution in [2.75, 3.05) is 16.0 Å². The number of nitrogen functional groups attached to an aromatic ring is 1. The maximum atomic E-state index is 12.6. The predicted molar refractivity (Wildman–Crippen MR) is 115 cm³/mol. The van der Waals surface area contributed by atoms with Gasteiger partial charge in [-0.25, -0.2) is 0 Å². The zero-order valence-corrected chi connectivity index (χ0v) is 17.4. The van der Waals surface area contributed by atoms with Crippen molar-refractivity contribution in [1.29, 1.82) is 0 Å². The van der Waals surface area contributed by atoms with Crippen molar-refractivity contribution < 1.29 is 4.79 Å². The number of nitrogens with two attached hydrogens (primary N) is 1. The highest BCUT2D eigenvalue weighted by molar-refractivity contribution is 6.42. The van der Waals surface area contributed by atoms with E-state index in [1.165, 1.54) is 19.3 Å². The summed E-state index contributed by atoms with van der Waals surface area (Å²) in [7, 11) is 0. The molecule has 6 heteroatoms. The molecule has 2 aromatic carbocycles. The van der Waals surface area contributed by atoms with E-state index in [9.17, 15) is 4.79 Å². The summed E-state index contributed by atoms with van der Waals surface area (Å²) in [6.07, 6.45) is 3.58. The molecule has 1 amide bonds. The largest absolute Gasteiger partial charge is 0.397 e. The molecule has 27 heavy (non-hydrogen) atoms. The van der Waals surface area contributed by atoms with E-state index < -0.39 is 0 Å². The van der Waals surface area contributed by atoms with Crippen LogP contribution in [0.5, 0.6) is 0 Å². The van der Waals surface area contributed by atoms with Crippen LogP contribution in [0.2, 0.25) is 10.0 Å². The van der Waals surface area contributed by atoms with E-state index in [0.29, 0.717) is 39.1 Å². The van der Waals surface area contributed by atoms with Crippen LogP contribution in [-0.2, 0) is 0 Å². The van der Waals surface area contributed by atoms with Crippen molar-refractivity contribution in [3.05, 3.63) is 51.5 Å². The van der Waals surface area contributed by atoms with E-state index >= 15 is 0 Å². The van der Waals surface area contributed by atoms with E-state index in [-0.39, 0.29) is 5.91 Å². The minimum Gasteiger partial charge on any atom is -0.397 e. The summed E-state index contributed by atoms with van der Waals surface area (Å²) in [5.74, 6) is -0.269. The standard InChI is InChI=1S/C21H25Cl2N3O/c1-12-9-18(24)19(11-20(12)26-13(2)5-4-6-14(26)3)25-21(27)15-7-8-16(22)17(23)10-15/h7-11,13-14H,4-6,24H2,1-3H3,(H,25,27)/t13-,14-/m1/s1. The minimum atomic E-state index is -0.269. The predicted octanol–water partition coefficient (Wildman–Crippen LogP) is 5.90. The number of carbonyl (C=O) groups excluding carboxylic acids is 1. The molecule has 3 rings (SSSR count). The Hall–Kier alpha value is -1.91. The zero-order valence-electron chi connectivity index (χ0n) is 15.9. The van der Waals surface area contributed by atoms with Crippen LogP contribution < -0.4 is 16.0 Å². The highest BCUT2D eigenvalue weighted by atomic mass is 35.5. The fraction of sp³-hybridized carbons (Fsp3) is 0.381. The molecule has 144 valence electrons. The molecular weight excluding hydrogens is 381 g/mol. The number of piperidine rings is 1. The molecular formula is C21H25Cl2N3O. The number of aryl methyl sites for hydroxylation is 1. The van der Waals surface area contributed by atoms with Gasteiger partial charge in [-0.2, -0.15) is 0 Å². The molecule has 0 bridgehead atoms. The van der Waals surface area contributed by atoms with Crippen molar-refractivity contribution in [3.63, 3.8) is 0 Å². The summed E-state index contributed by atoms with van der Waals surface area (Å²) in [5.41, 5.74) is 10.0. The Morgan fingerprint density at radius 3 is 2.41 bits per heavy atom. The van der Waals surface area contributed by atoms with Gasteiger partial charge in [0.2, 0.25) is 0 Å². The molecule has 0 aromatic heterocycles. The van der Waals surface area contributed by atoms with Crippen molar-refractivity contribution in [2.45, 2.75) is 52.1 Å². The maximum Gasteiger partial charge on any atom is 0.255 e. The van der Waals surface area contributed by atoms with Crippen LogP contribution in [0.1, 0.15) is 49.0 Å². The first-order valence-electron chi connectivity index (χ1n) is 9.22. The SMILES string of the molecule is Cc1cc(N)c(NC(=O)c2ccc(Cl)c(Cl)c2)cc1N1[C@H](C)CCC[C@H]1C. The molecule has 0 spiro atoms. The van der Waals surface area contributed by atoms with Crippen molar-refractivity contribution in [1.82, 2.24) is 0 Å². The third kappa shape index (κ3) is 4.17. The highest BCUT2D eigenvalue weighted by Crippen LogP contribution is 2.36. The van der Waals surface area contributed by atoms with Gasteiger partial charge in [0.15, 0.2) is 0 Å². The van der Waals surface area contributed by atoms with E-state index in [0.717, 1.165) is 11.3 Å². The van der Waals surface area contributed by atoms with Gasteiger partial charge in [0, 0.05) is 23.3 Å². The van der Waals surface area contributed by atoms with E-state index in [2.05, 4.69) is 31.0 Å². The number of carbonyl (C=O) groups is 1. The lowest BCUT2D eigenvalue weighted by molar-refractivity contribution is 0.102. The number of hydrogen-bond donors (Lipinski definition) is 2. The van der Waals surface area contributed by atoms with Gasteiger partial charge in [-0.15, -0.1) is 0 Å². The molecule has 2 aromatic rings. The third-order valence-corrected chi connectivity index (χ3v) is 6.01. The Balaban J connectivity index is 1.91. The highest BCUT2D eigenvalue weighted by Gasteiger charge is 2.26. The lowest BCUT2D eigenvalue weighted by atomic mass is 9.95. The summed E-state index contributed by atoms with van der Waals surface area (Å²) in [4.78, 5) is 15.1. The van der Waals surface area contributed by atoms with Gasteiger partial charge in [-0.05, 0) is 75.9 Å². The van der Waals surface area contributed by atoms with E-state index in [1.54, 1.807) is 18.2 Å². The second kappa shape index (κ2) is 7.99. The normalized spacial score (nSPS) is 19.8. The molecule has 1 aliphatic heterocycles. The second-order valence-corrected chi connectivity index (χ2v) is 8.16. The molecule has 0 unspecified atom stereocenters. The summed E-state index contributed by atoms with van der Waals surface area (Å²) in [5, 5.41) is 3.68. The molecule has 0 saturated carbocycles. The van der Waals surface area contributed by atoms with Gasteiger partial charge in [0.1, 0.15) is 0 Å². The molecule has 0 aliphatic carbocycles. The Kier molecular flexibility index (Phi) is 5.87. The monoisotopic (exact) mass is 405 g/mol. The summed E-state index contributed by atoms with van der Waals surface area (Å²) in [6, 6.07) is 9.62. The van der Waals surface area contributed by atoms with Gasteiger partial charge in [-0.3, -0.25) is 4.79 Å². The number of benzene rings is 2. The molecule has 1 fully saturated rings. The number of halogens is 2. The number of nitrogens with one attached hydrogen (secondary N) is 1. The van der Waals surface area contributed by atoms with Crippen molar-refractivity contribution in [3.8, 4) is 0 Å². The van der Waals surface area contributed by atoms with Crippen LogP contribution in [0, 0.1) is 6.92 Å². The van der Waals surface area contributed by atoms with Crippen LogP contribution in [0.4, 0.5) is 17.1 Å². The summed E-state index contributed by atoms with van der Waals surface area (Å²) < 4.78 is 0. The van der Waals surface area contributed by atoms with Crippen LogP contribution in [0.3, 0.4) is 0 Å². The Labute approximate surface area is 170 Å². The summed E-state index contributed by atoms with van der Waals surface area (Å²) >= 11 is 12.0. The zero-order chi connectivity index (χ0) is 19.7. The first-order chi connectivity index (χ1) is 12.8. The lowest BCUT2D eigenvalue weighted by Crippen LogP contribution is -2.44. The van der Waals surface area contributed by atoms with Crippen LogP contribution in [0.25, 0.3) is 0 Å². The molecule has 2 atom stereocenters. The average Bonchev–Trinajstić information content (AvgIpc) is 2.60. The van der Waals surface area contributed by atoms with Crippen molar-refractivity contribution in [2.24, 2.45) is 0 Å². The van der Waals surface area contributed by atoms with Crippen LogP contribution in [0.15, 0.2) is 30.3 Å². The van der Waals surface area contributed by atoms with E-state index in [4.69, 9.17) is 28.9 Å². The third-order valence-electron chi connectivity index (χ3n) is 5.27. The molecule has 3 N–H and O–H groups in total. The number of amides is 1. The first kappa shape index (κ1) is 19.8. The Morgan fingerprint density at radius 2 is 1.78 bits per heavy atom. The van der Waals surface area contributed by atoms with Gasteiger partial charge < -0.3 is 16.0 Å². The Bertz CT molecular complexity index is 859. The molecule has 1 aliphatic rings. The fourth-order valence-electron chi connectivity index (χ4n) is 3.83. The molecule has 0 radical (unpaired) electrons. The number of nitrogens with zero attached hydrogens (tertiary/aromatic N) is 1. The van der Waals surface area contributed by atoms with E-state index in [1.807, 2.05) is 12.1 Å². The van der Waals surface area contributed by atoms with Crippen LogP contribution in [-0.4, -0.2) is 18.0 Å². The topological polar surface area (TPSA) is 58.4 Å². The average molecular weight is 406 g/mol.